The molecule has 0 saturated heterocycles. The van der Waals surface area contributed by atoms with Gasteiger partial charge < -0.3 is 14.4 Å². The maximum Gasteiger partial charge on any atom is 0.252 e. The van der Waals surface area contributed by atoms with Gasteiger partial charge >= 0.3 is 0 Å². The van der Waals surface area contributed by atoms with Crippen molar-refractivity contribution in [2.75, 3.05) is 22.9 Å². The number of rotatable bonds is 16. The molecule has 0 aliphatic carbocycles. The van der Waals surface area contributed by atoms with Crippen LogP contribution in [0.5, 0.6) is 0 Å². The van der Waals surface area contributed by atoms with Gasteiger partial charge in [-0.15, -0.1) is 0 Å². The summed E-state index contributed by atoms with van der Waals surface area (Å²) in [4.78, 5) is 5.58. The molecule has 117 heavy (non-hydrogen) atoms. The van der Waals surface area contributed by atoms with Gasteiger partial charge in [-0.05, 0) is 248 Å². The monoisotopic (exact) mass is 1490 g/mol. The van der Waals surface area contributed by atoms with Gasteiger partial charge in [0.15, 0.2) is 0 Å². The third-order valence-electron chi connectivity index (χ3n) is 26.2. The minimum Gasteiger partial charge on any atom is -0.342 e. The van der Waals surface area contributed by atoms with Gasteiger partial charge in [0.05, 0.1) is 0 Å². The molecule has 0 bridgehead atoms. The van der Waals surface area contributed by atoms with Crippen molar-refractivity contribution in [1.82, 2.24) is 4.57 Å². The molecule has 1 aromatic heterocycles. The van der Waals surface area contributed by atoms with E-state index < -0.39 is 0 Å². The molecule has 548 valence electrons. The van der Waals surface area contributed by atoms with Gasteiger partial charge in [-0.2, -0.15) is 0 Å². The van der Waals surface area contributed by atoms with Gasteiger partial charge in [0.1, 0.15) is 0 Å². The van der Waals surface area contributed by atoms with E-state index in [-0.39, 0.29) is 6.71 Å². The highest BCUT2D eigenvalue weighted by atomic mass is 15.2. The Kier molecular flexibility index (Phi) is 15.6. The van der Waals surface area contributed by atoms with Gasteiger partial charge in [-0.3, -0.25) is 0 Å². The van der Waals surface area contributed by atoms with Crippen molar-refractivity contribution in [1.29, 1.82) is 0 Å². The van der Waals surface area contributed by atoms with Crippen LogP contribution in [0.3, 0.4) is 0 Å². The van der Waals surface area contributed by atoms with Crippen molar-refractivity contribution in [2.24, 2.45) is 0 Å². The smallest absolute Gasteiger partial charge is 0.252 e. The summed E-state index contributed by atoms with van der Waals surface area (Å²) in [5.41, 5.74) is 30.6. The number of benzene rings is 21. The van der Waals surface area contributed by atoms with Crippen molar-refractivity contribution in [2.45, 2.75) is 32.2 Å². The van der Waals surface area contributed by atoms with Crippen molar-refractivity contribution < 1.29 is 0 Å². The molecule has 0 amide bonds. The van der Waals surface area contributed by atoms with Crippen LogP contribution in [0.4, 0.5) is 22.7 Å². The van der Waals surface area contributed by atoms with E-state index in [1.807, 2.05) is 0 Å². The van der Waals surface area contributed by atoms with Crippen molar-refractivity contribution in [3.8, 4) is 44.5 Å². The highest BCUT2D eigenvalue weighted by molar-refractivity contribution is 7.00. The molecule has 2 aliphatic rings. The SMILES string of the molecule is c1ccc(-c2cccc(-c3ccccc3)c2CCN2c3cc(Cc4cc5cccc6c7cccc8cccc(c(c4)c56)c87)ccc3B3c4ccc(Cc5cc6cccc7c8cccc9cccc(c(c5)c67)c98)cc4N(CCc4c(-c5ccccc5)cccc4-c4ccccc4)c4cc(Cn5c6ccccc6c6ccccc65)cc2c43)cc1. The second-order valence-corrected chi connectivity index (χ2v) is 32.7. The molecule has 22 aromatic rings. The van der Waals surface area contributed by atoms with Crippen LogP contribution < -0.4 is 26.2 Å². The summed E-state index contributed by atoms with van der Waals surface area (Å²) in [6.07, 6.45) is 3.08. The molecule has 24 rings (SSSR count). The summed E-state index contributed by atoms with van der Waals surface area (Å²) in [5.74, 6) is 0. The maximum atomic E-state index is 2.79. The third kappa shape index (κ3) is 11.0. The number of hydrogen-bond donors (Lipinski definition) is 0. The summed E-state index contributed by atoms with van der Waals surface area (Å²) in [6.45, 7) is 1.99. The Labute approximate surface area is 680 Å². The number of aromatic nitrogens is 1. The Morgan fingerprint density at radius 2 is 0.538 bits per heavy atom. The largest absolute Gasteiger partial charge is 0.342 e. The number of fused-ring (bicyclic) bond motifs is 11. The lowest BCUT2D eigenvalue weighted by Gasteiger charge is -2.45. The fourth-order valence-corrected chi connectivity index (χ4v) is 21.3. The van der Waals surface area contributed by atoms with Gasteiger partial charge in [0.25, 0.3) is 6.71 Å². The molecule has 0 atom stereocenters. The van der Waals surface area contributed by atoms with Gasteiger partial charge in [0, 0.05) is 64.2 Å². The van der Waals surface area contributed by atoms with E-state index in [9.17, 15) is 0 Å². The lowest BCUT2D eigenvalue weighted by atomic mass is 9.33. The Morgan fingerprint density at radius 3 is 0.923 bits per heavy atom. The summed E-state index contributed by atoms with van der Waals surface area (Å²) in [5, 5.41) is 23.6. The fraction of sp³-hybridized carbons (Fsp3) is 0.0619. The van der Waals surface area contributed by atoms with Crippen LogP contribution in [0.15, 0.2) is 388 Å². The molecule has 3 heterocycles. The first-order valence-corrected chi connectivity index (χ1v) is 41.6. The number of hydrogen-bond acceptors (Lipinski definition) is 2. The Hall–Kier alpha value is -14.3. The summed E-state index contributed by atoms with van der Waals surface area (Å²) in [7, 11) is 0. The van der Waals surface area contributed by atoms with Crippen LogP contribution in [0, 0.1) is 0 Å². The fourth-order valence-electron chi connectivity index (χ4n) is 21.3. The zero-order valence-corrected chi connectivity index (χ0v) is 64.8. The maximum absolute atomic E-state index is 2.79. The standard InChI is InChI=1S/C113H78BN3/c1-5-25-77(26-6-1)85-41-23-42-86(78-27-7-2-8-28-78)89(85)57-59-115-105-67-72(61-74-63-83-37-21-47-95-93-45-17-33-81-35-19-49-97(109(81)93)99(65-74)111(83)95)53-55-101(105)114-102-56-54-73(62-75-64-84-38-22-48-96-94-46-18-34-82-36-20-50-98(110(82)94)100(66-75)112(84)96)68-106(102)116(60-58-90-87(79-29-9-3-10-30-79)43-24-44-88(90)80-31-11-4-12-32-80)108-70-76(69-107(115)113(108)114)71-117-103-51-15-13-39-91(103)92-40-14-16-52-104(92)117/h1-56,63-70H,57-62,71H2. The Bertz CT molecular complexity index is 7160. The van der Waals surface area contributed by atoms with E-state index in [0.29, 0.717) is 6.54 Å². The van der Waals surface area contributed by atoms with Crippen LogP contribution in [0.25, 0.3) is 152 Å². The molecule has 0 unspecified atom stereocenters. The topological polar surface area (TPSA) is 11.4 Å². The minimum atomic E-state index is -0.112. The van der Waals surface area contributed by atoms with E-state index in [0.717, 1.165) is 38.8 Å². The molecular formula is C113H78BN3. The average Bonchev–Trinajstić information content (AvgIpc) is 1.32. The molecule has 0 saturated carbocycles. The van der Waals surface area contributed by atoms with E-state index in [1.165, 1.54) is 231 Å². The van der Waals surface area contributed by atoms with Gasteiger partial charge in [0.2, 0.25) is 0 Å². The molecule has 2 aliphatic heterocycles. The highest BCUT2D eigenvalue weighted by Gasteiger charge is 2.43. The second kappa shape index (κ2) is 27.2. The lowest BCUT2D eigenvalue weighted by molar-refractivity contribution is 0.860. The first-order valence-electron chi connectivity index (χ1n) is 41.6. The van der Waals surface area contributed by atoms with Crippen molar-refractivity contribution >= 4 is 154 Å². The van der Waals surface area contributed by atoms with Crippen LogP contribution in [0.1, 0.15) is 38.9 Å². The van der Waals surface area contributed by atoms with Gasteiger partial charge in [-0.25, -0.2) is 0 Å². The van der Waals surface area contributed by atoms with Crippen LogP contribution >= 0.6 is 0 Å². The van der Waals surface area contributed by atoms with E-state index in [1.54, 1.807) is 0 Å². The second-order valence-electron chi connectivity index (χ2n) is 32.7. The van der Waals surface area contributed by atoms with Crippen LogP contribution in [0.2, 0.25) is 0 Å². The molecule has 3 nitrogen and oxygen atoms in total. The first kappa shape index (κ1) is 67.2. The molecule has 0 spiro atoms. The molecule has 0 radical (unpaired) electrons. The van der Waals surface area contributed by atoms with Crippen molar-refractivity contribution in [3.05, 3.63) is 427 Å². The number of para-hydroxylation sites is 2. The predicted octanol–water partition coefficient (Wildman–Crippen LogP) is 26.7. The summed E-state index contributed by atoms with van der Waals surface area (Å²) in [6, 6.07) is 148. The van der Waals surface area contributed by atoms with E-state index in [2.05, 4.69) is 403 Å². The zero-order valence-electron chi connectivity index (χ0n) is 64.8. The summed E-state index contributed by atoms with van der Waals surface area (Å²) < 4.78 is 2.59. The third-order valence-corrected chi connectivity index (χ3v) is 26.2. The normalized spacial score (nSPS) is 12.6. The molecule has 0 fully saturated rings. The number of nitrogens with zero attached hydrogens (tertiary/aromatic N) is 3. The number of anilines is 4. The van der Waals surface area contributed by atoms with Crippen LogP contribution in [-0.2, 0) is 32.2 Å². The molecule has 4 heteroatoms. The zero-order chi connectivity index (χ0) is 76.8. The Balaban J connectivity index is 0.744. The van der Waals surface area contributed by atoms with Gasteiger partial charge in [-0.1, -0.05) is 352 Å². The highest BCUT2D eigenvalue weighted by Crippen LogP contribution is 2.47. The molecule has 0 N–H and O–H groups in total. The minimum absolute atomic E-state index is 0.112. The first-order chi connectivity index (χ1) is 58.0. The Morgan fingerprint density at radius 1 is 0.222 bits per heavy atom. The molecular weight excluding hydrogens is 1410 g/mol. The van der Waals surface area contributed by atoms with E-state index >= 15 is 0 Å². The molecule has 21 aromatic carbocycles. The van der Waals surface area contributed by atoms with E-state index in [4.69, 9.17) is 0 Å². The van der Waals surface area contributed by atoms with Crippen molar-refractivity contribution in [3.63, 3.8) is 0 Å². The average molecular weight is 1490 g/mol. The summed E-state index contributed by atoms with van der Waals surface area (Å²) >= 11 is 0. The predicted molar refractivity (Wildman–Crippen MR) is 499 cm³/mol. The lowest BCUT2D eigenvalue weighted by Crippen LogP contribution is -2.62. The quantitative estimate of drug-likeness (QED) is 0.0543. The van der Waals surface area contributed by atoms with Crippen LogP contribution in [-0.4, -0.2) is 24.4 Å².